The number of hydrogen-bond donors (Lipinski definition) is 0. The number of aryl methyl sites for hydroxylation is 1. The average Bonchev–Trinajstić information content (AvgIpc) is 3.87. The molecular weight excluding hydrogens is 687 g/mol. The summed E-state index contributed by atoms with van der Waals surface area (Å²) in [7, 11) is 3.50. The van der Waals surface area contributed by atoms with Crippen LogP contribution in [0.4, 0.5) is 8.78 Å². The molecule has 5 aromatic rings. The Hall–Kier alpha value is -4.98. The van der Waals surface area contributed by atoms with E-state index >= 15 is 4.39 Å². The van der Waals surface area contributed by atoms with Crippen molar-refractivity contribution >= 4 is 39.5 Å². The van der Waals surface area contributed by atoms with Crippen LogP contribution in [0.1, 0.15) is 53.9 Å². The number of aromatic nitrogens is 5. The van der Waals surface area contributed by atoms with Crippen LogP contribution in [0.2, 0.25) is 0 Å². The van der Waals surface area contributed by atoms with Crippen LogP contribution in [0.15, 0.2) is 60.6 Å². The lowest BCUT2D eigenvalue weighted by Gasteiger charge is -2.40. The van der Waals surface area contributed by atoms with Gasteiger partial charge in [-0.15, -0.1) is 11.3 Å². The smallest absolute Gasteiger partial charge is 0.246 e. The molecule has 1 amide bonds. The highest BCUT2D eigenvalue weighted by molar-refractivity contribution is 7.17. The van der Waals surface area contributed by atoms with Crippen molar-refractivity contribution in [1.82, 2.24) is 29.4 Å². The highest BCUT2D eigenvalue weighted by atomic mass is 32.1. The number of rotatable bonds is 9. The quantitative estimate of drug-likeness (QED) is 0.117. The zero-order valence-electron chi connectivity index (χ0n) is 29.7. The molecule has 0 fully saturated rings. The highest BCUT2D eigenvalue weighted by Crippen LogP contribution is 2.52. The maximum atomic E-state index is 16.3. The number of hydrogen-bond acceptors (Lipinski definition) is 8. The lowest BCUT2D eigenvalue weighted by atomic mass is 9.78. The Kier molecular flexibility index (Phi) is 9.68. The third kappa shape index (κ3) is 5.96. The number of thiophene rings is 1. The Labute approximate surface area is 304 Å². The molecule has 6 heterocycles. The van der Waals surface area contributed by atoms with Gasteiger partial charge in [0.1, 0.15) is 23.1 Å². The maximum absolute atomic E-state index is 16.3. The van der Waals surface area contributed by atoms with E-state index in [1.165, 1.54) is 23.5 Å². The van der Waals surface area contributed by atoms with E-state index in [1.54, 1.807) is 22.9 Å². The average molecular weight is 727 g/mol. The molecule has 7 rings (SSSR count). The molecular formula is C39H40F2N6O4S. The SMILES string of the molecule is C=CC(=O)N1CCn2nc(C3(OC/C=C/COC)c4nc(/C=C/c5cnn(C)c5C)c5ccsc5c4-c4c(F)cc(F)cc4OC[C@@H]3C)cc2[C@@H]1C. The van der Waals surface area contributed by atoms with Crippen molar-refractivity contribution in [2.45, 2.75) is 39.0 Å². The summed E-state index contributed by atoms with van der Waals surface area (Å²) in [6.07, 6.45) is 10.7. The molecule has 2 aliphatic rings. The molecule has 3 atom stereocenters. The minimum absolute atomic E-state index is 0.0279. The molecule has 0 spiro atoms. The summed E-state index contributed by atoms with van der Waals surface area (Å²) in [6, 6.07) is 5.68. The number of methoxy groups -OCH3 is 1. The Balaban J connectivity index is 1.54. The van der Waals surface area contributed by atoms with E-state index in [0.717, 1.165) is 33.1 Å². The summed E-state index contributed by atoms with van der Waals surface area (Å²) in [4.78, 5) is 20.0. The van der Waals surface area contributed by atoms with E-state index in [-0.39, 0.29) is 36.5 Å². The zero-order valence-corrected chi connectivity index (χ0v) is 30.5. The summed E-state index contributed by atoms with van der Waals surface area (Å²) in [5.41, 5.74) is 3.45. The van der Waals surface area contributed by atoms with Crippen LogP contribution in [0.5, 0.6) is 5.75 Å². The van der Waals surface area contributed by atoms with Gasteiger partial charge < -0.3 is 19.1 Å². The lowest BCUT2D eigenvalue weighted by Crippen LogP contribution is -2.44. The Bertz CT molecular complexity index is 2240. The molecule has 10 nitrogen and oxygen atoms in total. The minimum Gasteiger partial charge on any atom is -0.492 e. The molecule has 52 heavy (non-hydrogen) atoms. The molecule has 0 saturated heterocycles. The number of amides is 1. The molecule has 0 saturated carbocycles. The van der Waals surface area contributed by atoms with Gasteiger partial charge in [0.15, 0.2) is 5.60 Å². The number of pyridine rings is 1. The van der Waals surface area contributed by atoms with Crippen LogP contribution in [-0.4, -0.2) is 68.8 Å². The highest BCUT2D eigenvalue weighted by Gasteiger charge is 2.50. The summed E-state index contributed by atoms with van der Waals surface area (Å²) in [5.74, 6) is -2.09. The van der Waals surface area contributed by atoms with Crippen molar-refractivity contribution in [3.8, 4) is 16.9 Å². The number of fused-ring (bicyclic) bond motifs is 6. The summed E-state index contributed by atoms with van der Waals surface area (Å²) >= 11 is 1.43. The van der Waals surface area contributed by atoms with Gasteiger partial charge in [0, 0.05) is 65.7 Å². The molecule has 0 bridgehead atoms. The summed E-state index contributed by atoms with van der Waals surface area (Å²) < 4.78 is 54.1. The predicted octanol–water partition coefficient (Wildman–Crippen LogP) is 7.23. The number of carbonyl (C=O) groups is 1. The Morgan fingerprint density at radius 1 is 1.15 bits per heavy atom. The largest absolute Gasteiger partial charge is 0.492 e. The molecule has 0 radical (unpaired) electrons. The van der Waals surface area contributed by atoms with Crippen LogP contribution in [-0.2, 0) is 33.5 Å². The van der Waals surface area contributed by atoms with E-state index in [9.17, 15) is 9.18 Å². The standard InChI is InChI=1S/C39H40F2N6O4S/c1-7-34(48)46-13-14-47-31(25(46)4)20-33(44-47)39(51-16-9-8-15-49-6)23(2)22-50-32-19-27(40)18-29(41)35(32)36-37-28(12-17-52-37)30(43-38(36)39)11-10-26-21-42-45(5)24(26)3/h7-12,17-21,23,25H,1,13-16,22H2,2-6H3/b9-8+,11-10+/t23-,25-,39?/m0/s1. The van der Waals surface area contributed by atoms with Gasteiger partial charge in [-0.25, -0.2) is 13.8 Å². The van der Waals surface area contributed by atoms with Crippen molar-refractivity contribution in [2.24, 2.45) is 13.0 Å². The Morgan fingerprint density at radius 3 is 2.71 bits per heavy atom. The van der Waals surface area contributed by atoms with Crippen molar-refractivity contribution in [3.63, 3.8) is 0 Å². The topological polar surface area (TPSA) is 96.5 Å². The molecule has 0 N–H and O–H groups in total. The molecule has 1 aromatic carbocycles. The zero-order chi connectivity index (χ0) is 36.7. The van der Waals surface area contributed by atoms with Gasteiger partial charge in [-0.05, 0) is 49.6 Å². The van der Waals surface area contributed by atoms with Crippen LogP contribution < -0.4 is 4.74 Å². The van der Waals surface area contributed by atoms with E-state index in [4.69, 9.17) is 24.3 Å². The van der Waals surface area contributed by atoms with Crippen molar-refractivity contribution in [2.75, 3.05) is 33.5 Å². The predicted molar refractivity (Wildman–Crippen MR) is 197 cm³/mol. The Morgan fingerprint density at radius 2 is 1.96 bits per heavy atom. The second-order valence-electron chi connectivity index (χ2n) is 13.1. The third-order valence-corrected chi connectivity index (χ3v) is 11.0. The second-order valence-corrected chi connectivity index (χ2v) is 14.0. The van der Waals surface area contributed by atoms with Crippen LogP contribution in [0, 0.1) is 24.5 Å². The molecule has 4 aromatic heterocycles. The van der Waals surface area contributed by atoms with E-state index in [0.29, 0.717) is 42.3 Å². The van der Waals surface area contributed by atoms with Crippen LogP contribution in [0.25, 0.3) is 33.4 Å². The fourth-order valence-electron chi connectivity index (χ4n) is 7.17. The fraction of sp³-hybridized carbons (Fsp3) is 0.333. The number of nitrogens with zero attached hydrogens (tertiary/aromatic N) is 6. The second kappa shape index (κ2) is 14.2. The molecule has 1 unspecified atom stereocenters. The molecule has 13 heteroatoms. The first kappa shape index (κ1) is 35.4. The van der Waals surface area contributed by atoms with Gasteiger partial charge in [-0.3, -0.25) is 14.2 Å². The van der Waals surface area contributed by atoms with Gasteiger partial charge in [-0.1, -0.05) is 25.7 Å². The van der Waals surface area contributed by atoms with Crippen LogP contribution >= 0.6 is 11.3 Å². The molecule has 0 aliphatic carbocycles. The first-order valence-corrected chi connectivity index (χ1v) is 18.0. The maximum Gasteiger partial charge on any atom is 0.246 e. The van der Waals surface area contributed by atoms with Gasteiger partial charge in [0.05, 0.1) is 61.2 Å². The van der Waals surface area contributed by atoms with E-state index in [1.807, 2.05) is 74.3 Å². The first-order valence-electron chi connectivity index (χ1n) is 17.1. The monoisotopic (exact) mass is 726 g/mol. The normalized spacial score (nSPS) is 20.1. The third-order valence-electron chi connectivity index (χ3n) is 10.1. The van der Waals surface area contributed by atoms with Crippen molar-refractivity contribution in [3.05, 3.63) is 106 Å². The van der Waals surface area contributed by atoms with Gasteiger partial charge >= 0.3 is 0 Å². The van der Waals surface area contributed by atoms with Gasteiger partial charge in [-0.2, -0.15) is 10.2 Å². The van der Waals surface area contributed by atoms with Crippen molar-refractivity contribution < 1.29 is 27.8 Å². The number of benzene rings is 1. The summed E-state index contributed by atoms with van der Waals surface area (Å²) in [5, 5.41) is 12.3. The number of carbonyl (C=O) groups excluding carboxylic acids is 1. The molecule has 270 valence electrons. The van der Waals surface area contributed by atoms with E-state index in [2.05, 4.69) is 11.7 Å². The number of ether oxygens (including phenoxy) is 3. The van der Waals surface area contributed by atoms with Crippen LogP contribution in [0.3, 0.4) is 0 Å². The summed E-state index contributed by atoms with van der Waals surface area (Å²) in [6.45, 7) is 11.0. The van der Waals surface area contributed by atoms with Gasteiger partial charge in [0.25, 0.3) is 0 Å². The molecule has 2 aliphatic heterocycles. The lowest BCUT2D eigenvalue weighted by molar-refractivity contribution is -0.129. The van der Waals surface area contributed by atoms with Gasteiger partial charge in [0.2, 0.25) is 5.91 Å². The van der Waals surface area contributed by atoms with Crippen molar-refractivity contribution in [1.29, 1.82) is 0 Å². The minimum atomic E-state index is -1.41. The number of halogens is 2. The fourth-order valence-corrected chi connectivity index (χ4v) is 8.13. The first-order chi connectivity index (χ1) is 25.1. The van der Waals surface area contributed by atoms with E-state index < -0.39 is 23.2 Å².